The summed E-state index contributed by atoms with van der Waals surface area (Å²) in [7, 11) is 0. The van der Waals surface area contributed by atoms with E-state index in [1.807, 2.05) is 35.7 Å². The summed E-state index contributed by atoms with van der Waals surface area (Å²) in [5.41, 5.74) is 1.42. The zero-order chi connectivity index (χ0) is 21.8. The van der Waals surface area contributed by atoms with Crippen LogP contribution in [0.1, 0.15) is 40.6 Å². The number of thiophene rings is 1. The predicted octanol–water partition coefficient (Wildman–Crippen LogP) is 4.77. The number of rotatable bonds is 8. The minimum absolute atomic E-state index is 0.0987. The molecule has 1 saturated carbocycles. The fraction of sp³-hybridized carbons (Fsp3) is 0.348. The van der Waals surface area contributed by atoms with Gasteiger partial charge in [0.25, 0.3) is 0 Å². The van der Waals surface area contributed by atoms with Gasteiger partial charge in [0.2, 0.25) is 5.78 Å². The van der Waals surface area contributed by atoms with Crippen molar-refractivity contribution in [3.8, 4) is 5.75 Å². The Bertz CT molecular complexity index is 1060. The minimum atomic E-state index is -0.0987. The highest BCUT2D eigenvalue weighted by Crippen LogP contribution is 2.33. The monoisotopic (exact) mass is 549 g/mol. The maximum Gasteiger partial charge on any atom is 0.208 e. The molecule has 1 aliphatic carbocycles. The second-order valence-corrected chi connectivity index (χ2v) is 9.96. The van der Waals surface area contributed by atoms with Gasteiger partial charge in [-0.25, -0.2) is 9.97 Å². The van der Waals surface area contributed by atoms with E-state index < -0.39 is 0 Å². The average molecular weight is 549 g/mol. The van der Waals surface area contributed by atoms with Crippen molar-refractivity contribution in [2.75, 3.05) is 11.9 Å². The Hall–Kier alpha value is -2.04. The van der Waals surface area contributed by atoms with E-state index in [-0.39, 0.29) is 24.3 Å². The van der Waals surface area contributed by atoms with Gasteiger partial charge in [-0.3, -0.25) is 4.79 Å². The highest BCUT2D eigenvalue weighted by molar-refractivity contribution is 14.1. The first kappa shape index (κ1) is 22.2. The number of nitrogens with zero attached hydrogens (tertiary/aromatic N) is 2. The molecule has 2 aromatic heterocycles. The SMILES string of the molecule is C[C@H]1C[C@H](Nc2ncncc2C(=O)c2cc(COc3ccccc3I)cs2)C[C@@H]1CO. The van der Waals surface area contributed by atoms with E-state index in [1.165, 1.54) is 17.7 Å². The maximum absolute atomic E-state index is 13.2. The van der Waals surface area contributed by atoms with Crippen molar-refractivity contribution >= 4 is 45.5 Å². The fourth-order valence-corrected chi connectivity index (χ4v) is 5.33. The Morgan fingerprint density at radius 1 is 1.35 bits per heavy atom. The van der Waals surface area contributed by atoms with Crippen molar-refractivity contribution in [1.82, 2.24) is 9.97 Å². The number of halogens is 1. The second-order valence-electron chi connectivity index (χ2n) is 7.89. The van der Waals surface area contributed by atoms with Crippen molar-refractivity contribution in [3.63, 3.8) is 0 Å². The molecule has 0 bridgehead atoms. The third kappa shape index (κ3) is 5.24. The fourth-order valence-electron chi connectivity index (χ4n) is 3.94. The minimum Gasteiger partial charge on any atom is -0.488 e. The molecule has 0 aliphatic heterocycles. The van der Waals surface area contributed by atoms with Crippen LogP contribution in [0.4, 0.5) is 5.82 Å². The number of carbonyl (C=O) groups excluding carboxylic acids is 1. The summed E-state index contributed by atoms with van der Waals surface area (Å²) in [6, 6.07) is 9.91. The van der Waals surface area contributed by atoms with Crippen molar-refractivity contribution in [2.24, 2.45) is 11.8 Å². The van der Waals surface area contributed by atoms with Crippen LogP contribution in [0, 0.1) is 15.4 Å². The quantitative estimate of drug-likeness (QED) is 0.311. The Morgan fingerprint density at radius 3 is 2.97 bits per heavy atom. The van der Waals surface area contributed by atoms with Crippen LogP contribution in [0.25, 0.3) is 0 Å². The van der Waals surface area contributed by atoms with Gasteiger partial charge in [-0.2, -0.15) is 0 Å². The molecule has 6 nitrogen and oxygen atoms in total. The lowest BCUT2D eigenvalue weighted by molar-refractivity contribution is 0.104. The molecule has 2 heterocycles. The van der Waals surface area contributed by atoms with Gasteiger partial charge in [-0.1, -0.05) is 19.1 Å². The molecule has 1 fully saturated rings. The summed E-state index contributed by atoms with van der Waals surface area (Å²) in [5, 5.41) is 14.9. The molecule has 0 saturated heterocycles. The van der Waals surface area contributed by atoms with Crippen LogP contribution < -0.4 is 10.1 Å². The molecule has 3 atom stereocenters. The van der Waals surface area contributed by atoms with Crippen molar-refractivity contribution in [1.29, 1.82) is 0 Å². The average Bonchev–Trinajstić information content (AvgIpc) is 3.39. The van der Waals surface area contributed by atoms with Crippen LogP contribution in [0.3, 0.4) is 0 Å². The molecular weight excluding hydrogens is 525 g/mol. The van der Waals surface area contributed by atoms with Gasteiger partial charge in [-0.15, -0.1) is 11.3 Å². The number of aliphatic hydroxyl groups is 1. The van der Waals surface area contributed by atoms with Crippen LogP contribution in [-0.4, -0.2) is 33.5 Å². The molecule has 31 heavy (non-hydrogen) atoms. The molecule has 1 aromatic carbocycles. The molecule has 162 valence electrons. The number of carbonyl (C=O) groups is 1. The molecule has 2 N–H and O–H groups in total. The van der Waals surface area contributed by atoms with Crippen molar-refractivity contribution in [2.45, 2.75) is 32.4 Å². The van der Waals surface area contributed by atoms with E-state index in [2.05, 4.69) is 44.8 Å². The molecule has 8 heteroatoms. The summed E-state index contributed by atoms with van der Waals surface area (Å²) >= 11 is 3.64. The lowest BCUT2D eigenvalue weighted by Crippen LogP contribution is -2.19. The lowest BCUT2D eigenvalue weighted by Gasteiger charge is -2.15. The maximum atomic E-state index is 13.2. The third-order valence-corrected chi connectivity index (χ3v) is 7.56. The van der Waals surface area contributed by atoms with Crippen LogP contribution >= 0.6 is 33.9 Å². The van der Waals surface area contributed by atoms with Crippen molar-refractivity contribution in [3.05, 3.63) is 67.8 Å². The first-order valence-electron chi connectivity index (χ1n) is 10.2. The summed E-state index contributed by atoms with van der Waals surface area (Å²) in [4.78, 5) is 22.2. The highest BCUT2D eigenvalue weighted by Gasteiger charge is 2.31. The molecule has 0 radical (unpaired) electrons. The summed E-state index contributed by atoms with van der Waals surface area (Å²) in [6.45, 7) is 2.75. The van der Waals surface area contributed by atoms with Crippen LogP contribution in [0.15, 0.2) is 48.2 Å². The Kier molecular flexibility index (Phi) is 7.19. The van der Waals surface area contributed by atoms with E-state index in [0.717, 1.165) is 27.7 Å². The molecule has 0 spiro atoms. The number of benzene rings is 1. The molecule has 1 aliphatic rings. The summed E-state index contributed by atoms with van der Waals surface area (Å²) in [5.74, 6) is 2.01. The number of para-hydroxylation sites is 1. The number of hydrogen-bond acceptors (Lipinski definition) is 7. The smallest absolute Gasteiger partial charge is 0.208 e. The van der Waals surface area contributed by atoms with E-state index in [4.69, 9.17) is 4.74 Å². The molecular formula is C23H24IN3O3S. The zero-order valence-electron chi connectivity index (χ0n) is 17.1. The van der Waals surface area contributed by atoms with Crippen LogP contribution in [-0.2, 0) is 6.61 Å². The van der Waals surface area contributed by atoms with E-state index in [9.17, 15) is 9.90 Å². The Balaban J connectivity index is 1.45. The Labute approximate surface area is 199 Å². The third-order valence-electron chi connectivity index (χ3n) is 5.69. The zero-order valence-corrected chi connectivity index (χ0v) is 20.1. The number of aromatic nitrogens is 2. The van der Waals surface area contributed by atoms with E-state index in [0.29, 0.717) is 28.8 Å². The standard InChI is InChI=1S/C23H24IN3O3S/c1-14-6-17(8-16(14)10-28)27-23-18(9-25-13-26-23)22(29)21-7-15(12-31-21)11-30-20-5-3-2-4-19(20)24/h2-5,7,9,12-14,16-17,28H,6,8,10-11H2,1H3,(H,25,26,27)/t14-,16+,17-/m0/s1. The second kappa shape index (κ2) is 10.1. The predicted molar refractivity (Wildman–Crippen MR) is 130 cm³/mol. The largest absolute Gasteiger partial charge is 0.488 e. The van der Waals surface area contributed by atoms with Gasteiger partial charge in [0.05, 0.1) is 14.0 Å². The number of anilines is 1. The van der Waals surface area contributed by atoms with Gasteiger partial charge in [0.1, 0.15) is 24.5 Å². The lowest BCUT2D eigenvalue weighted by atomic mass is 10.00. The number of hydrogen-bond donors (Lipinski definition) is 2. The van der Waals surface area contributed by atoms with Crippen molar-refractivity contribution < 1.29 is 14.6 Å². The molecule has 4 rings (SSSR count). The summed E-state index contributed by atoms with van der Waals surface area (Å²) < 4.78 is 6.94. The first-order chi connectivity index (χ1) is 15.0. The molecule has 0 unspecified atom stereocenters. The number of nitrogens with one attached hydrogen (secondary N) is 1. The molecule has 0 amide bonds. The normalized spacial score (nSPS) is 20.5. The van der Waals surface area contributed by atoms with Crippen LogP contribution in [0.5, 0.6) is 5.75 Å². The topological polar surface area (TPSA) is 84.3 Å². The number of aliphatic hydroxyl groups excluding tert-OH is 1. The Morgan fingerprint density at radius 2 is 2.19 bits per heavy atom. The van der Waals surface area contributed by atoms with E-state index >= 15 is 0 Å². The van der Waals surface area contributed by atoms with Crippen LogP contribution in [0.2, 0.25) is 0 Å². The van der Waals surface area contributed by atoms with Gasteiger partial charge in [-0.05, 0) is 70.8 Å². The van der Waals surface area contributed by atoms with Gasteiger partial charge in [0, 0.05) is 24.4 Å². The molecule has 3 aromatic rings. The van der Waals surface area contributed by atoms with E-state index in [1.54, 1.807) is 6.20 Å². The first-order valence-corrected chi connectivity index (χ1v) is 12.2. The number of ketones is 1. The highest BCUT2D eigenvalue weighted by atomic mass is 127. The van der Waals surface area contributed by atoms with Gasteiger partial charge < -0.3 is 15.2 Å². The summed E-state index contributed by atoms with van der Waals surface area (Å²) in [6.07, 6.45) is 4.84. The van der Waals surface area contributed by atoms with Gasteiger partial charge >= 0.3 is 0 Å². The van der Waals surface area contributed by atoms with Gasteiger partial charge in [0.15, 0.2) is 0 Å². The number of ether oxygens (including phenoxy) is 1.